The van der Waals surface area contributed by atoms with E-state index in [2.05, 4.69) is 6.92 Å². The van der Waals surface area contributed by atoms with Crippen LogP contribution in [-0.4, -0.2) is 52.2 Å². The molecular formula is C14H34O4Si2. The predicted octanol–water partition coefficient (Wildman–Crippen LogP) is 2.97. The molecule has 1 unspecified atom stereocenters. The Morgan fingerprint density at radius 3 is 1.85 bits per heavy atom. The summed E-state index contributed by atoms with van der Waals surface area (Å²) in [6.45, 7) is 12.0. The Kier molecular flexibility index (Phi) is 10.2. The lowest BCUT2D eigenvalue weighted by molar-refractivity contribution is -0.0179. The fourth-order valence-electron chi connectivity index (χ4n) is 1.86. The van der Waals surface area contributed by atoms with E-state index in [9.17, 15) is 9.59 Å². The molecular weight excluding hydrogens is 288 g/mol. The van der Waals surface area contributed by atoms with Crippen LogP contribution in [0.4, 0.5) is 0 Å². The number of hydrogen-bond donors (Lipinski definition) is 2. The summed E-state index contributed by atoms with van der Waals surface area (Å²) in [6.07, 6.45) is 2.95. The number of ether oxygens (including phenoxy) is 2. The average molecular weight is 323 g/mol. The molecule has 0 saturated heterocycles. The van der Waals surface area contributed by atoms with Crippen LogP contribution in [0.1, 0.15) is 26.2 Å². The minimum atomic E-state index is -1.92. The van der Waals surface area contributed by atoms with Crippen LogP contribution in [-0.2, 0) is 9.47 Å². The normalized spacial score (nSPS) is 14.6. The van der Waals surface area contributed by atoms with Gasteiger partial charge in [0, 0.05) is 13.2 Å². The quantitative estimate of drug-likeness (QED) is 0.428. The van der Waals surface area contributed by atoms with Gasteiger partial charge >= 0.3 is 0 Å². The summed E-state index contributed by atoms with van der Waals surface area (Å²) in [6, 6.07) is 1.78. The second-order valence-corrected chi connectivity index (χ2v) is 15.1. The lowest BCUT2D eigenvalue weighted by Crippen LogP contribution is -2.26. The summed E-state index contributed by atoms with van der Waals surface area (Å²) in [7, 11) is -3.84. The van der Waals surface area contributed by atoms with E-state index in [1.54, 1.807) is 0 Å². The van der Waals surface area contributed by atoms with Crippen molar-refractivity contribution >= 4 is 16.6 Å². The molecule has 0 aliphatic heterocycles. The van der Waals surface area contributed by atoms with Crippen LogP contribution in [0.5, 0.6) is 0 Å². The van der Waals surface area contributed by atoms with Gasteiger partial charge in [-0.05, 0) is 57.5 Å². The van der Waals surface area contributed by atoms with Gasteiger partial charge in [-0.3, -0.25) is 0 Å². The lowest BCUT2D eigenvalue weighted by atomic mass is 10.3. The van der Waals surface area contributed by atoms with Gasteiger partial charge in [0.25, 0.3) is 0 Å². The van der Waals surface area contributed by atoms with Crippen LogP contribution in [0.3, 0.4) is 0 Å². The van der Waals surface area contributed by atoms with E-state index in [1.807, 2.05) is 26.2 Å². The highest BCUT2D eigenvalue weighted by atomic mass is 28.4. The largest absolute Gasteiger partial charge is 0.432 e. The molecule has 0 amide bonds. The average Bonchev–Trinajstić information content (AvgIpc) is 2.28. The van der Waals surface area contributed by atoms with E-state index in [-0.39, 0.29) is 6.10 Å². The van der Waals surface area contributed by atoms with Crippen LogP contribution >= 0.6 is 0 Å². The summed E-state index contributed by atoms with van der Waals surface area (Å²) in [4.78, 5) is 19.5. The Balaban J connectivity index is 3.57. The minimum absolute atomic E-state index is 0.151. The molecule has 6 heteroatoms. The molecule has 0 aliphatic rings. The van der Waals surface area contributed by atoms with Crippen molar-refractivity contribution in [2.75, 3.05) is 19.8 Å². The molecule has 0 rings (SSSR count). The molecule has 1 atom stereocenters. The first-order valence-electron chi connectivity index (χ1n) is 7.78. The molecule has 4 nitrogen and oxygen atoms in total. The van der Waals surface area contributed by atoms with Crippen molar-refractivity contribution < 1.29 is 19.1 Å². The first-order valence-corrected chi connectivity index (χ1v) is 14.1. The molecule has 20 heavy (non-hydrogen) atoms. The molecule has 0 spiro atoms. The monoisotopic (exact) mass is 322 g/mol. The highest BCUT2D eigenvalue weighted by Gasteiger charge is 2.17. The molecule has 0 bridgehead atoms. The standard InChI is InChI=1S/C14H34O4Si2/c1-6-14(18-10-8-12-20(4,5)16)13-17-9-7-11-19(2,3)15/h14-16H,6-13H2,1-5H3. The van der Waals surface area contributed by atoms with Gasteiger partial charge in [-0.15, -0.1) is 0 Å². The van der Waals surface area contributed by atoms with Gasteiger partial charge in [0.1, 0.15) is 0 Å². The van der Waals surface area contributed by atoms with Crippen LogP contribution in [0.15, 0.2) is 0 Å². The summed E-state index contributed by atoms with van der Waals surface area (Å²) in [5.41, 5.74) is 0. The summed E-state index contributed by atoms with van der Waals surface area (Å²) in [5, 5.41) is 0. The third-order valence-electron chi connectivity index (χ3n) is 3.12. The van der Waals surface area contributed by atoms with Crippen LogP contribution < -0.4 is 0 Å². The molecule has 0 fully saturated rings. The zero-order valence-corrected chi connectivity index (χ0v) is 15.9. The van der Waals surface area contributed by atoms with Crippen molar-refractivity contribution in [3.8, 4) is 0 Å². The van der Waals surface area contributed by atoms with E-state index in [1.165, 1.54) is 0 Å². The highest BCUT2D eigenvalue weighted by Crippen LogP contribution is 2.10. The smallest absolute Gasteiger partial charge is 0.182 e. The van der Waals surface area contributed by atoms with Crippen molar-refractivity contribution in [2.24, 2.45) is 0 Å². The van der Waals surface area contributed by atoms with Gasteiger partial charge in [0.05, 0.1) is 12.7 Å². The maximum Gasteiger partial charge on any atom is 0.182 e. The Hall–Kier alpha value is 0.274. The fraction of sp³-hybridized carbons (Fsp3) is 1.00. The first kappa shape index (κ1) is 20.3. The molecule has 122 valence electrons. The van der Waals surface area contributed by atoms with Crippen molar-refractivity contribution in [3.63, 3.8) is 0 Å². The topological polar surface area (TPSA) is 58.9 Å². The molecule has 0 aromatic carbocycles. The zero-order valence-electron chi connectivity index (χ0n) is 13.9. The molecule has 0 aromatic heterocycles. The first-order chi connectivity index (χ1) is 9.14. The van der Waals surface area contributed by atoms with Crippen LogP contribution in [0.25, 0.3) is 0 Å². The second kappa shape index (κ2) is 10.1. The van der Waals surface area contributed by atoms with E-state index in [4.69, 9.17) is 9.47 Å². The van der Waals surface area contributed by atoms with Gasteiger partial charge in [-0.1, -0.05) is 6.92 Å². The van der Waals surface area contributed by atoms with Crippen LogP contribution in [0, 0.1) is 0 Å². The van der Waals surface area contributed by atoms with E-state index < -0.39 is 16.6 Å². The number of hydrogen-bond acceptors (Lipinski definition) is 4. The molecule has 0 aromatic rings. The summed E-state index contributed by atoms with van der Waals surface area (Å²) < 4.78 is 11.4. The Morgan fingerprint density at radius 2 is 1.40 bits per heavy atom. The maximum absolute atomic E-state index is 9.75. The second-order valence-electron chi connectivity index (χ2n) is 6.81. The third-order valence-corrected chi connectivity index (χ3v) is 6.28. The lowest BCUT2D eigenvalue weighted by Gasteiger charge is -2.19. The third kappa shape index (κ3) is 14.7. The number of rotatable bonds is 12. The van der Waals surface area contributed by atoms with E-state index in [0.717, 1.165) is 31.4 Å². The summed E-state index contributed by atoms with van der Waals surface area (Å²) in [5.74, 6) is 0. The van der Waals surface area contributed by atoms with Crippen molar-refractivity contribution in [1.29, 1.82) is 0 Å². The summed E-state index contributed by atoms with van der Waals surface area (Å²) >= 11 is 0. The predicted molar refractivity (Wildman–Crippen MR) is 89.1 cm³/mol. The van der Waals surface area contributed by atoms with Gasteiger partial charge < -0.3 is 19.1 Å². The Labute approximate surface area is 126 Å². The Morgan fingerprint density at radius 1 is 0.900 bits per heavy atom. The van der Waals surface area contributed by atoms with E-state index in [0.29, 0.717) is 19.8 Å². The Bertz CT molecular complexity index is 236. The van der Waals surface area contributed by atoms with Gasteiger partial charge in [-0.2, -0.15) is 0 Å². The maximum atomic E-state index is 9.75. The van der Waals surface area contributed by atoms with Crippen molar-refractivity contribution in [2.45, 2.75) is 70.6 Å². The molecule has 0 saturated carbocycles. The van der Waals surface area contributed by atoms with Crippen molar-refractivity contribution in [1.82, 2.24) is 0 Å². The van der Waals surface area contributed by atoms with E-state index >= 15 is 0 Å². The van der Waals surface area contributed by atoms with Gasteiger partial charge in [0.2, 0.25) is 0 Å². The van der Waals surface area contributed by atoms with Crippen molar-refractivity contribution in [3.05, 3.63) is 0 Å². The minimum Gasteiger partial charge on any atom is -0.432 e. The van der Waals surface area contributed by atoms with Gasteiger partial charge in [0.15, 0.2) is 16.6 Å². The highest BCUT2D eigenvalue weighted by molar-refractivity contribution is 6.70. The molecule has 2 N–H and O–H groups in total. The molecule has 0 heterocycles. The molecule has 0 radical (unpaired) electrons. The molecule has 0 aliphatic carbocycles. The SMILES string of the molecule is CCC(COCCC[Si](C)(C)O)OCCC[Si](C)(C)O. The van der Waals surface area contributed by atoms with Gasteiger partial charge in [-0.25, -0.2) is 0 Å². The fourth-order valence-corrected chi connectivity index (χ4v) is 3.88. The zero-order chi connectivity index (χ0) is 15.6. The van der Waals surface area contributed by atoms with Crippen LogP contribution in [0.2, 0.25) is 38.3 Å².